The van der Waals surface area contributed by atoms with E-state index in [1.165, 1.54) is 18.4 Å². The average molecular weight is 291 g/mol. The maximum absolute atomic E-state index is 5.55. The van der Waals surface area contributed by atoms with Crippen LogP contribution >= 0.6 is 0 Å². The van der Waals surface area contributed by atoms with Gasteiger partial charge in [-0.2, -0.15) is 0 Å². The Bertz CT molecular complexity index is 368. The van der Waals surface area contributed by atoms with E-state index in [0.29, 0.717) is 11.8 Å². The minimum Gasteiger partial charge on any atom is -0.494 e. The molecular weight excluding hydrogens is 258 g/mol. The van der Waals surface area contributed by atoms with E-state index in [9.17, 15) is 0 Å². The normalized spacial score (nSPS) is 12.9. The second-order valence-electron chi connectivity index (χ2n) is 6.24. The summed E-state index contributed by atoms with van der Waals surface area (Å²) in [5.41, 5.74) is 1.43. The highest BCUT2D eigenvalue weighted by atomic mass is 16.5. The monoisotopic (exact) mass is 291 g/mol. The first-order valence-electron chi connectivity index (χ1n) is 8.55. The number of benzene rings is 1. The lowest BCUT2D eigenvalue weighted by Crippen LogP contribution is -2.29. The van der Waals surface area contributed by atoms with Gasteiger partial charge in [-0.15, -0.1) is 0 Å². The molecule has 0 aliphatic heterocycles. The molecule has 0 aliphatic rings. The van der Waals surface area contributed by atoms with Crippen LogP contribution in [-0.2, 0) is 0 Å². The molecule has 21 heavy (non-hydrogen) atoms. The van der Waals surface area contributed by atoms with Crippen molar-refractivity contribution in [2.24, 2.45) is 11.8 Å². The quantitative estimate of drug-likeness (QED) is 0.665. The predicted molar refractivity (Wildman–Crippen MR) is 92.1 cm³/mol. The largest absolute Gasteiger partial charge is 0.494 e. The Morgan fingerprint density at radius 3 is 2.05 bits per heavy atom. The fourth-order valence-electron chi connectivity index (χ4n) is 2.92. The summed E-state index contributed by atoms with van der Waals surface area (Å²) < 4.78 is 5.55. The van der Waals surface area contributed by atoms with Crippen LogP contribution in [0.3, 0.4) is 0 Å². The van der Waals surface area contributed by atoms with Crippen LogP contribution in [0.4, 0.5) is 0 Å². The number of rotatable bonds is 10. The molecule has 2 heteroatoms. The van der Waals surface area contributed by atoms with Gasteiger partial charge < -0.3 is 10.1 Å². The topological polar surface area (TPSA) is 21.3 Å². The summed E-state index contributed by atoms with van der Waals surface area (Å²) in [5, 5.41) is 3.64. The molecular formula is C19H33NO. The molecule has 0 heterocycles. The van der Waals surface area contributed by atoms with Crippen molar-refractivity contribution in [3.8, 4) is 5.75 Å². The number of hydrogen-bond acceptors (Lipinski definition) is 2. The molecule has 0 bridgehead atoms. The summed E-state index contributed by atoms with van der Waals surface area (Å²) in [4.78, 5) is 0. The summed E-state index contributed by atoms with van der Waals surface area (Å²) in [5.74, 6) is 3.00. The van der Waals surface area contributed by atoms with Gasteiger partial charge in [0.25, 0.3) is 0 Å². The highest BCUT2D eigenvalue weighted by molar-refractivity contribution is 5.30. The smallest absolute Gasteiger partial charge is 0.119 e. The van der Waals surface area contributed by atoms with Crippen molar-refractivity contribution in [3.05, 3.63) is 29.8 Å². The van der Waals surface area contributed by atoms with Crippen molar-refractivity contribution in [2.75, 3.05) is 19.7 Å². The van der Waals surface area contributed by atoms with Crippen LogP contribution in [-0.4, -0.2) is 19.7 Å². The molecule has 0 aliphatic carbocycles. The summed E-state index contributed by atoms with van der Waals surface area (Å²) in [7, 11) is 0. The van der Waals surface area contributed by atoms with Gasteiger partial charge in [0, 0.05) is 6.54 Å². The molecule has 0 saturated heterocycles. The first kappa shape index (κ1) is 18.0. The first-order valence-corrected chi connectivity index (χ1v) is 8.55. The van der Waals surface area contributed by atoms with E-state index in [2.05, 4.69) is 57.3 Å². The Morgan fingerprint density at radius 2 is 1.57 bits per heavy atom. The first-order chi connectivity index (χ1) is 10.1. The van der Waals surface area contributed by atoms with Gasteiger partial charge in [0.05, 0.1) is 6.61 Å². The molecule has 1 N–H and O–H groups in total. The third kappa shape index (κ3) is 6.09. The minimum atomic E-state index is 0.592. The fraction of sp³-hybridized carbons (Fsp3) is 0.684. The summed E-state index contributed by atoms with van der Waals surface area (Å²) in [6.45, 7) is 14.0. The lowest BCUT2D eigenvalue weighted by Gasteiger charge is -2.27. The summed E-state index contributed by atoms with van der Waals surface area (Å²) in [6, 6.07) is 8.70. The van der Waals surface area contributed by atoms with Gasteiger partial charge >= 0.3 is 0 Å². The van der Waals surface area contributed by atoms with Crippen LogP contribution in [0.25, 0.3) is 0 Å². The van der Waals surface area contributed by atoms with Crippen molar-refractivity contribution in [2.45, 2.75) is 53.4 Å². The molecule has 0 radical (unpaired) electrons. The van der Waals surface area contributed by atoms with Crippen molar-refractivity contribution < 1.29 is 4.74 Å². The molecule has 2 nitrogen and oxygen atoms in total. The summed E-state index contributed by atoms with van der Waals surface area (Å²) >= 11 is 0. The van der Waals surface area contributed by atoms with Gasteiger partial charge in [-0.3, -0.25) is 0 Å². The Labute approximate surface area is 131 Å². The SMILES string of the molecule is CCOc1ccc(C(CNCC(C)C)C(CC)CC)cc1. The van der Waals surface area contributed by atoms with Gasteiger partial charge in [0.1, 0.15) is 5.75 Å². The van der Waals surface area contributed by atoms with Crippen LogP contribution in [0, 0.1) is 11.8 Å². The molecule has 0 amide bonds. The van der Waals surface area contributed by atoms with Gasteiger partial charge in [0.2, 0.25) is 0 Å². The van der Waals surface area contributed by atoms with Gasteiger partial charge in [-0.05, 0) is 48.9 Å². The van der Waals surface area contributed by atoms with E-state index >= 15 is 0 Å². The van der Waals surface area contributed by atoms with Crippen molar-refractivity contribution >= 4 is 0 Å². The third-order valence-corrected chi connectivity index (χ3v) is 4.15. The van der Waals surface area contributed by atoms with Crippen molar-refractivity contribution in [1.29, 1.82) is 0 Å². The van der Waals surface area contributed by atoms with E-state index in [4.69, 9.17) is 4.74 Å². The lowest BCUT2D eigenvalue weighted by molar-refractivity contribution is 0.339. The maximum atomic E-state index is 5.55. The molecule has 1 unspecified atom stereocenters. The zero-order chi connectivity index (χ0) is 15.7. The molecule has 1 rings (SSSR count). The van der Waals surface area contributed by atoms with Gasteiger partial charge in [-0.25, -0.2) is 0 Å². The molecule has 0 saturated carbocycles. The Kier molecular flexibility index (Phi) is 8.44. The molecule has 1 aromatic carbocycles. The predicted octanol–water partition coefficient (Wildman–Crippen LogP) is 4.85. The van der Waals surface area contributed by atoms with Crippen molar-refractivity contribution in [3.63, 3.8) is 0 Å². The van der Waals surface area contributed by atoms with E-state index in [1.807, 2.05) is 6.92 Å². The van der Waals surface area contributed by atoms with Crippen LogP contribution in [0.1, 0.15) is 58.9 Å². The third-order valence-electron chi connectivity index (χ3n) is 4.15. The molecule has 0 aromatic heterocycles. The highest BCUT2D eigenvalue weighted by Gasteiger charge is 2.20. The molecule has 0 spiro atoms. The van der Waals surface area contributed by atoms with Crippen molar-refractivity contribution in [1.82, 2.24) is 5.32 Å². The van der Waals surface area contributed by atoms with E-state index in [-0.39, 0.29) is 0 Å². The summed E-state index contributed by atoms with van der Waals surface area (Å²) in [6.07, 6.45) is 2.47. The zero-order valence-corrected chi connectivity index (χ0v) is 14.5. The highest BCUT2D eigenvalue weighted by Crippen LogP contribution is 2.30. The number of nitrogens with one attached hydrogen (secondary N) is 1. The second kappa shape index (κ2) is 9.83. The average Bonchev–Trinajstić information content (AvgIpc) is 2.48. The van der Waals surface area contributed by atoms with Crippen LogP contribution in [0.2, 0.25) is 0 Å². The molecule has 1 atom stereocenters. The Hall–Kier alpha value is -1.02. The zero-order valence-electron chi connectivity index (χ0n) is 14.5. The van der Waals surface area contributed by atoms with Gasteiger partial charge in [-0.1, -0.05) is 52.7 Å². The van der Waals surface area contributed by atoms with Crippen LogP contribution in [0.5, 0.6) is 5.75 Å². The fourth-order valence-corrected chi connectivity index (χ4v) is 2.92. The maximum Gasteiger partial charge on any atom is 0.119 e. The lowest BCUT2D eigenvalue weighted by atomic mass is 9.82. The standard InChI is InChI=1S/C19H33NO/c1-6-16(7-2)19(14-20-13-15(4)5)17-9-11-18(12-10-17)21-8-3/h9-12,15-16,19-20H,6-8,13-14H2,1-5H3. The second-order valence-corrected chi connectivity index (χ2v) is 6.24. The minimum absolute atomic E-state index is 0.592. The van der Waals surface area contributed by atoms with Gasteiger partial charge in [0.15, 0.2) is 0 Å². The van der Waals surface area contributed by atoms with Crippen LogP contribution in [0.15, 0.2) is 24.3 Å². The Morgan fingerprint density at radius 1 is 0.952 bits per heavy atom. The van der Waals surface area contributed by atoms with E-state index < -0.39 is 0 Å². The number of ether oxygens (including phenoxy) is 1. The molecule has 1 aromatic rings. The van der Waals surface area contributed by atoms with E-state index in [1.54, 1.807) is 0 Å². The molecule has 120 valence electrons. The van der Waals surface area contributed by atoms with E-state index in [0.717, 1.165) is 31.4 Å². The number of hydrogen-bond donors (Lipinski definition) is 1. The Balaban J connectivity index is 2.78. The molecule has 0 fully saturated rings. The van der Waals surface area contributed by atoms with Crippen LogP contribution < -0.4 is 10.1 Å².